The number of aromatic nitrogens is 2. The fourth-order valence-corrected chi connectivity index (χ4v) is 3.04. The van der Waals surface area contributed by atoms with Crippen LogP contribution in [0.2, 0.25) is 0 Å². The third-order valence-electron chi connectivity index (χ3n) is 4.30. The van der Waals surface area contributed by atoms with Gasteiger partial charge in [-0.1, -0.05) is 0 Å². The Morgan fingerprint density at radius 2 is 1.95 bits per heavy atom. The average Bonchev–Trinajstić information content (AvgIpc) is 2.57. The number of hydrogen-bond acceptors (Lipinski definition) is 5. The number of rotatable bonds is 3. The molecule has 0 atom stereocenters. The van der Waals surface area contributed by atoms with Crippen molar-refractivity contribution in [3.63, 3.8) is 0 Å². The number of nitrogens with zero attached hydrogens (tertiary/aromatic N) is 4. The Morgan fingerprint density at radius 1 is 1.19 bits per heavy atom. The Morgan fingerprint density at radius 3 is 2.62 bits per heavy atom. The zero-order valence-electron chi connectivity index (χ0n) is 12.3. The second-order valence-corrected chi connectivity index (χ2v) is 5.74. The van der Waals surface area contributed by atoms with Crippen LogP contribution in [0, 0.1) is 5.92 Å². The molecule has 2 aliphatic rings. The molecule has 0 aromatic carbocycles. The van der Waals surface area contributed by atoms with Gasteiger partial charge in [0.05, 0.1) is 19.4 Å². The third kappa shape index (κ3) is 3.77. The summed E-state index contributed by atoms with van der Waals surface area (Å²) in [5.41, 5.74) is 0.448. The van der Waals surface area contributed by atoms with E-state index in [1.165, 1.54) is 0 Å². The molecule has 0 radical (unpaired) electrons. The van der Waals surface area contributed by atoms with E-state index < -0.39 is 0 Å². The van der Waals surface area contributed by atoms with Gasteiger partial charge in [0.2, 0.25) is 0 Å². The maximum Gasteiger partial charge on any atom is 0.274 e. The van der Waals surface area contributed by atoms with Crippen LogP contribution in [0.15, 0.2) is 18.6 Å². The lowest BCUT2D eigenvalue weighted by Crippen LogP contribution is -2.44. The van der Waals surface area contributed by atoms with Gasteiger partial charge in [-0.3, -0.25) is 14.7 Å². The molecule has 0 N–H and O–H groups in total. The summed E-state index contributed by atoms with van der Waals surface area (Å²) in [4.78, 5) is 24.7. The Hall–Kier alpha value is -1.53. The van der Waals surface area contributed by atoms with Crippen molar-refractivity contribution in [3.05, 3.63) is 24.3 Å². The Balaban J connectivity index is 1.47. The van der Waals surface area contributed by atoms with Crippen LogP contribution < -0.4 is 0 Å². The molecular weight excluding hydrogens is 268 g/mol. The third-order valence-corrected chi connectivity index (χ3v) is 4.30. The number of carbonyl (C=O) groups excluding carboxylic acids is 1. The fraction of sp³-hybridized carbons (Fsp3) is 0.667. The monoisotopic (exact) mass is 290 g/mol. The van der Waals surface area contributed by atoms with Gasteiger partial charge in [-0.15, -0.1) is 0 Å². The molecule has 2 saturated heterocycles. The van der Waals surface area contributed by atoms with E-state index in [1.807, 2.05) is 4.90 Å². The molecule has 114 valence electrons. The van der Waals surface area contributed by atoms with Gasteiger partial charge in [0.25, 0.3) is 5.91 Å². The molecule has 0 bridgehead atoms. The molecule has 6 heteroatoms. The lowest BCUT2D eigenvalue weighted by molar-refractivity contribution is 0.0242. The van der Waals surface area contributed by atoms with Crippen LogP contribution in [0.1, 0.15) is 23.3 Å². The van der Waals surface area contributed by atoms with Crippen LogP contribution in [-0.2, 0) is 4.74 Å². The average molecular weight is 290 g/mol. The quantitative estimate of drug-likeness (QED) is 0.818. The van der Waals surface area contributed by atoms with E-state index in [2.05, 4.69) is 14.9 Å². The summed E-state index contributed by atoms with van der Waals surface area (Å²) >= 11 is 0. The van der Waals surface area contributed by atoms with Crippen molar-refractivity contribution < 1.29 is 9.53 Å². The topological polar surface area (TPSA) is 58.6 Å². The molecule has 0 spiro atoms. The molecule has 2 aliphatic heterocycles. The molecule has 3 heterocycles. The number of piperidine rings is 1. The van der Waals surface area contributed by atoms with Crippen molar-refractivity contribution in [2.75, 3.05) is 45.9 Å². The van der Waals surface area contributed by atoms with Crippen molar-refractivity contribution in [1.29, 1.82) is 0 Å². The van der Waals surface area contributed by atoms with Gasteiger partial charge >= 0.3 is 0 Å². The normalized spacial score (nSPS) is 21.4. The number of ether oxygens (including phenoxy) is 1. The van der Waals surface area contributed by atoms with E-state index in [0.29, 0.717) is 11.6 Å². The van der Waals surface area contributed by atoms with Crippen molar-refractivity contribution in [2.24, 2.45) is 5.92 Å². The molecule has 0 aliphatic carbocycles. The molecule has 3 rings (SSSR count). The molecule has 2 fully saturated rings. The molecule has 0 saturated carbocycles. The second-order valence-electron chi connectivity index (χ2n) is 5.74. The highest BCUT2D eigenvalue weighted by Gasteiger charge is 2.26. The van der Waals surface area contributed by atoms with Gasteiger partial charge in [0.15, 0.2) is 0 Å². The first-order valence-electron chi connectivity index (χ1n) is 7.68. The van der Waals surface area contributed by atoms with Crippen molar-refractivity contribution in [3.8, 4) is 0 Å². The Labute approximate surface area is 125 Å². The zero-order chi connectivity index (χ0) is 14.5. The first-order valence-corrected chi connectivity index (χ1v) is 7.68. The predicted molar refractivity (Wildman–Crippen MR) is 77.9 cm³/mol. The molecular formula is C15H22N4O2. The Kier molecular flexibility index (Phi) is 4.77. The van der Waals surface area contributed by atoms with Crippen LogP contribution in [0.5, 0.6) is 0 Å². The number of likely N-dealkylation sites (tertiary alicyclic amines) is 1. The number of hydrogen-bond donors (Lipinski definition) is 0. The fourth-order valence-electron chi connectivity index (χ4n) is 3.04. The molecule has 1 aromatic heterocycles. The molecule has 6 nitrogen and oxygen atoms in total. The van der Waals surface area contributed by atoms with Crippen LogP contribution in [0.25, 0.3) is 0 Å². The van der Waals surface area contributed by atoms with E-state index in [4.69, 9.17) is 4.74 Å². The van der Waals surface area contributed by atoms with E-state index in [0.717, 1.165) is 58.8 Å². The Bertz CT molecular complexity index is 454. The summed E-state index contributed by atoms with van der Waals surface area (Å²) < 4.78 is 5.38. The number of amides is 1. The molecule has 1 aromatic rings. The summed E-state index contributed by atoms with van der Waals surface area (Å²) in [5, 5.41) is 0. The van der Waals surface area contributed by atoms with Gasteiger partial charge < -0.3 is 9.64 Å². The highest BCUT2D eigenvalue weighted by molar-refractivity contribution is 5.91. The summed E-state index contributed by atoms with van der Waals surface area (Å²) in [6.45, 7) is 6.57. The van der Waals surface area contributed by atoms with Gasteiger partial charge in [-0.2, -0.15) is 0 Å². The first-order chi connectivity index (χ1) is 10.3. The van der Waals surface area contributed by atoms with E-state index in [1.54, 1.807) is 18.6 Å². The van der Waals surface area contributed by atoms with E-state index >= 15 is 0 Å². The minimum Gasteiger partial charge on any atom is -0.379 e. The molecule has 0 unspecified atom stereocenters. The number of carbonyl (C=O) groups is 1. The van der Waals surface area contributed by atoms with Crippen molar-refractivity contribution in [2.45, 2.75) is 12.8 Å². The predicted octanol–water partition coefficient (Wildman–Crippen LogP) is 0.661. The maximum absolute atomic E-state index is 12.3. The summed E-state index contributed by atoms with van der Waals surface area (Å²) in [6.07, 6.45) is 6.85. The van der Waals surface area contributed by atoms with Gasteiger partial charge in [0, 0.05) is 45.1 Å². The van der Waals surface area contributed by atoms with Gasteiger partial charge in [-0.25, -0.2) is 4.98 Å². The second kappa shape index (κ2) is 6.95. The summed E-state index contributed by atoms with van der Waals surface area (Å²) in [5.74, 6) is 0.696. The minimum atomic E-state index is 0.00734. The van der Waals surface area contributed by atoms with Crippen LogP contribution in [0.4, 0.5) is 0 Å². The van der Waals surface area contributed by atoms with Gasteiger partial charge in [0.1, 0.15) is 5.69 Å². The largest absolute Gasteiger partial charge is 0.379 e. The lowest BCUT2D eigenvalue weighted by Gasteiger charge is -2.35. The van der Waals surface area contributed by atoms with Crippen LogP contribution in [0.3, 0.4) is 0 Å². The maximum atomic E-state index is 12.3. The van der Waals surface area contributed by atoms with Gasteiger partial charge in [-0.05, 0) is 18.8 Å². The molecule has 21 heavy (non-hydrogen) atoms. The van der Waals surface area contributed by atoms with E-state index in [-0.39, 0.29) is 5.91 Å². The highest BCUT2D eigenvalue weighted by atomic mass is 16.5. The standard InChI is InChI=1S/C15H22N4O2/c20-15(14-11-16-3-4-17-14)19-5-1-13(2-6-19)12-18-7-9-21-10-8-18/h3-4,11,13H,1-2,5-10,12H2. The molecule has 1 amide bonds. The van der Waals surface area contributed by atoms with E-state index in [9.17, 15) is 4.79 Å². The first kappa shape index (κ1) is 14.4. The SMILES string of the molecule is O=C(c1cnccn1)N1CCC(CN2CCOCC2)CC1. The lowest BCUT2D eigenvalue weighted by atomic mass is 9.96. The smallest absolute Gasteiger partial charge is 0.274 e. The zero-order valence-corrected chi connectivity index (χ0v) is 12.3. The minimum absolute atomic E-state index is 0.00734. The van der Waals surface area contributed by atoms with Crippen molar-refractivity contribution >= 4 is 5.91 Å². The van der Waals surface area contributed by atoms with Crippen molar-refractivity contribution in [1.82, 2.24) is 19.8 Å². The van der Waals surface area contributed by atoms with Crippen LogP contribution >= 0.6 is 0 Å². The van der Waals surface area contributed by atoms with Crippen LogP contribution in [-0.4, -0.2) is 71.6 Å². The number of morpholine rings is 1. The highest BCUT2D eigenvalue weighted by Crippen LogP contribution is 2.20. The summed E-state index contributed by atoms with van der Waals surface area (Å²) in [7, 11) is 0. The summed E-state index contributed by atoms with van der Waals surface area (Å²) in [6, 6.07) is 0.